The van der Waals surface area contributed by atoms with E-state index in [0.29, 0.717) is 0 Å². The largest absolute Gasteiger partial charge is 0.394 e. The Morgan fingerprint density at radius 1 is 0.870 bits per heavy atom. The molecule has 0 spiro atoms. The smallest absolute Gasteiger partial charge is 0.219 e. The summed E-state index contributed by atoms with van der Waals surface area (Å²) < 4.78 is 15.3. The van der Waals surface area contributed by atoms with Crippen LogP contribution in [0.4, 0.5) is 0 Å². The fraction of sp³-hybridized carbons (Fsp3) is 1.00. The van der Waals surface area contributed by atoms with Gasteiger partial charge in [0, 0.05) is 0 Å². The van der Waals surface area contributed by atoms with Crippen LogP contribution in [-0.4, -0.2) is 115 Å². The van der Waals surface area contributed by atoms with Crippen molar-refractivity contribution in [1.29, 1.82) is 0 Å². The molecule has 2 heterocycles. The van der Waals surface area contributed by atoms with Gasteiger partial charge in [-0.05, 0) is 0 Å². The molecule has 11 heteroatoms. The Bertz CT molecular complexity index is 393. The zero-order valence-electron chi connectivity index (χ0n) is 12.0. The van der Waals surface area contributed by atoms with Crippen molar-refractivity contribution < 1.29 is 55.1 Å². The number of ether oxygens (including phenoxy) is 3. The van der Waals surface area contributed by atoms with Crippen molar-refractivity contribution in [2.24, 2.45) is 0 Å². The lowest BCUT2D eigenvalue weighted by molar-refractivity contribution is -0.318. The molecule has 11 nitrogen and oxygen atoms in total. The Labute approximate surface area is 130 Å². The van der Waals surface area contributed by atoms with E-state index in [0.717, 1.165) is 0 Å². The molecule has 2 aliphatic heterocycles. The van der Waals surface area contributed by atoms with E-state index in [-0.39, 0.29) is 0 Å². The molecular weight excluding hydrogens is 332 g/mol. The maximum absolute atomic E-state index is 10.00. The van der Waals surface area contributed by atoms with Crippen LogP contribution in [0.2, 0.25) is 0 Å². The third-order valence-electron chi connectivity index (χ3n) is 4.04. The van der Waals surface area contributed by atoms with Crippen molar-refractivity contribution >= 4 is 0 Å². The second-order valence-corrected chi connectivity index (χ2v) is 5.58. The summed E-state index contributed by atoms with van der Waals surface area (Å²) in [6.45, 7) is -2.32. The molecule has 0 aromatic carbocycles. The van der Waals surface area contributed by atoms with E-state index < -0.39 is 74.6 Å². The minimum Gasteiger partial charge on any atom is -0.394 e. The van der Waals surface area contributed by atoms with Crippen molar-refractivity contribution in [3.63, 3.8) is 0 Å². The van der Waals surface area contributed by atoms with Crippen LogP contribution in [0, 0.1) is 0 Å². The van der Waals surface area contributed by atoms with Crippen molar-refractivity contribution in [2.45, 2.75) is 54.8 Å². The summed E-state index contributed by atoms with van der Waals surface area (Å²) in [6, 6.07) is 0. The third-order valence-corrected chi connectivity index (χ3v) is 4.04. The van der Waals surface area contributed by atoms with Gasteiger partial charge in [0.15, 0.2) is 6.29 Å². The minimum absolute atomic E-state index is 0.668. The molecule has 0 aromatic rings. The highest BCUT2D eigenvalue weighted by molar-refractivity contribution is 4.98. The lowest BCUT2D eigenvalue weighted by atomic mass is 10.9. The summed E-state index contributed by atoms with van der Waals surface area (Å²) in [5.74, 6) is -2.37. The lowest BCUT2D eigenvalue weighted by Gasteiger charge is -2.41. The van der Waals surface area contributed by atoms with Gasteiger partial charge < -0.3 is 55.1 Å². The van der Waals surface area contributed by atoms with Gasteiger partial charge in [-0.3, -0.25) is 0 Å². The van der Waals surface area contributed by atoms with Crippen LogP contribution in [0.3, 0.4) is 0 Å². The molecule has 0 unspecified atom stereocenters. The van der Waals surface area contributed by atoms with E-state index >= 15 is 0 Å². The molecular formula is C12H22O11. The van der Waals surface area contributed by atoms with E-state index in [1.165, 1.54) is 0 Å². The van der Waals surface area contributed by atoms with Gasteiger partial charge in [0.1, 0.15) is 42.7 Å². The summed E-state index contributed by atoms with van der Waals surface area (Å²) in [6.07, 6.45) is -12.2. The number of rotatable bonds is 5. The van der Waals surface area contributed by atoms with Crippen LogP contribution in [0.1, 0.15) is 0 Å². The maximum Gasteiger partial charge on any atom is 0.219 e. The molecule has 2 aliphatic rings. The van der Waals surface area contributed by atoms with Crippen molar-refractivity contribution in [3.8, 4) is 0 Å². The van der Waals surface area contributed by atoms with Crippen LogP contribution in [-0.2, 0) is 14.2 Å². The average Bonchev–Trinajstić information content (AvgIpc) is 2.80. The number of hydrogen-bond donors (Lipinski definition) is 8. The molecule has 2 rings (SSSR count). The first-order valence-corrected chi connectivity index (χ1v) is 7.05. The van der Waals surface area contributed by atoms with Crippen molar-refractivity contribution in [3.05, 3.63) is 0 Å². The fourth-order valence-electron chi connectivity index (χ4n) is 2.63. The maximum atomic E-state index is 10.00. The first-order valence-electron chi connectivity index (χ1n) is 7.05. The standard InChI is InChI=1S/C12H22O11/c13-1-4-6(16)7(17)8(18)11(21-4)22-9-5(2-14)23-12(20,3-15)10(9)19/h4-11,13-20H,1-3H2/t4-,5-,6+,7+,8-,9-,10+,11+,12+/m1/s1/i1+1,2+1,3+1,4+1,5+1,6+1,7+1,8+1,9+1,10+1,11+1,12+1. The van der Waals surface area contributed by atoms with Gasteiger partial charge in [-0.1, -0.05) is 0 Å². The Morgan fingerprint density at radius 3 is 2.00 bits per heavy atom. The fourth-order valence-corrected chi connectivity index (χ4v) is 2.63. The van der Waals surface area contributed by atoms with Crippen LogP contribution < -0.4 is 0 Å². The van der Waals surface area contributed by atoms with Crippen molar-refractivity contribution in [2.75, 3.05) is 19.8 Å². The Morgan fingerprint density at radius 2 is 1.48 bits per heavy atom. The van der Waals surface area contributed by atoms with E-state index in [2.05, 4.69) is 0 Å². The van der Waals surface area contributed by atoms with Crippen LogP contribution in [0.15, 0.2) is 0 Å². The number of aliphatic hydroxyl groups is 8. The highest BCUT2D eigenvalue weighted by Crippen LogP contribution is 2.33. The monoisotopic (exact) mass is 354 g/mol. The predicted octanol–water partition coefficient (Wildman–Crippen LogP) is -5.40. The molecule has 9 atom stereocenters. The predicted molar refractivity (Wildman–Crippen MR) is 68.6 cm³/mol. The van der Waals surface area contributed by atoms with Gasteiger partial charge >= 0.3 is 0 Å². The zero-order valence-corrected chi connectivity index (χ0v) is 12.0. The zero-order chi connectivity index (χ0) is 17.4. The highest BCUT2D eigenvalue weighted by atomic mass is 17.0. The quantitative estimate of drug-likeness (QED) is 0.220. The van der Waals surface area contributed by atoms with Crippen LogP contribution in [0.5, 0.6) is 0 Å². The first kappa shape index (κ1) is 18.9. The molecule has 0 aromatic heterocycles. The molecule has 136 valence electrons. The Hall–Kier alpha value is -0.440. The lowest BCUT2D eigenvalue weighted by Crippen LogP contribution is -2.60. The number of hydrogen-bond acceptors (Lipinski definition) is 11. The SMILES string of the molecule is O[13CH2][13C@H]1O[13C@@H](O[13C@@H]2[13C@@H]([13CH2]O)O[13C@@](O)([13CH2]O)[13C@H]2O)[13C@H](O)[13C@@H](O)[13C@H]1O. The summed E-state index contributed by atoms with van der Waals surface area (Å²) in [7, 11) is 0. The van der Waals surface area contributed by atoms with Crippen LogP contribution >= 0.6 is 0 Å². The van der Waals surface area contributed by atoms with E-state index in [9.17, 15) is 30.6 Å². The van der Waals surface area contributed by atoms with Gasteiger partial charge in [-0.25, -0.2) is 0 Å². The third kappa shape index (κ3) is 3.36. The summed E-state index contributed by atoms with van der Waals surface area (Å²) in [5.41, 5.74) is 0. The van der Waals surface area contributed by atoms with E-state index in [1.54, 1.807) is 0 Å². The highest BCUT2D eigenvalue weighted by Gasteiger charge is 2.56. The van der Waals surface area contributed by atoms with Gasteiger partial charge in [0.05, 0.1) is 19.8 Å². The Balaban J connectivity index is 2.13. The van der Waals surface area contributed by atoms with Gasteiger partial charge in [-0.15, -0.1) is 0 Å². The molecule has 23 heavy (non-hydrogen) atoms. The summed E-state index contributed by atoms with van der Waals surface area (Å²) in [4.78, 5) is 0. The van der Waals surface area contributed by atoms with Crippen LogP contribution in [0.25, 0.3) is 0 Å². The molecule has 0 radical (unpaired) electrons. The van der Waals surface area contributed by atoms with Gasteiger partial charge in [-0.2, -0.15) is 0 Å². The molecule has 0 saturated carbocycles. The van der Waals surface area contributed by atoms with Gasteiger partial charge in [0.25, 0.3) is 0 Å². The molecule has 0 aliphatic carbocycles. The first-order chi connectivity index (χ1) is 10.8. The number of aliphatic hydroxyl groups excluding tert-OH is 7. The molecule has 0 bridgehead atoms. The van der Waals surface area contributed by atoms with E-state index in [1.807, 2.05) is 0 Å². The second kappa shape index (κ2) is 7.21. The Kier molecular flexibility index (Phi) is 5.92. The molecule has 2 fully saturated rings. The normalized spacial score (nSPS) is 51.1. The average molecular weight is 354 g/mol. The molecule has 0 amide bonds. The second-order valence-electron chi connectivity index (χ2n) is 5.58. The minimum atomic E-state index is -2.37. The topological polar surface area (TPSA) is 190 Å². The summed E-state index contributed by atoms with van der Waals surface area (Å²) >= 11 is 0. The summed E-state index contributed by atoms with van der Waals surface area (Å²) in [5, 5.41) is 76.5. The molecule has 8 N–H and O–H groups in total. The van der Waals surface area contributed by atoms with E-state index in [4.69, 9.17) is 24.4 Å². The molecule has 2 saturated heterocycles. The van der Waals surface area contributed by atoms with Gasteiger partial charge in [0.2, 0.25) is 5.79 Å². The van der Waals surface area contributed by atoms with Crippen molar-refractivity contribution in [1.82, 2.24) is 0 Å².